The molecule has 0 heterocycles. The highest BCUT2D eigenvalue weighted by Crippen LogP contribution is 2.10. The lowest BCUT2D eigenvalue weighted by Crippen LogP contribution is -2.19. The second kappa shape index (κ2) is 19.6. The summed E-state index contributed by atoms with van der Waals surface area (Å²) < 4.78 is 11.6. The average molecular weight is 329 g/mol. The molecular formula is C20H40O3. The summed E-state index contributed by atoms with van der Waals surface area (Å²) in [4.78, 5) is 10.6. The molecule has 0 saturated heterocycles. The van der Waals surface area contributed by atoms with Gasteiger partial charge in [-0.2, -0.15) is 0 Å². The van der Waals surface area contributed by atoms with Crippen LogP contribution >= 0.6 is 0 Å². The molecule has 0 aliphatic rings. The van der Waals surface area contributed by atoms with Gasteiger partial charge in [-0.1, -0.05) is 78.1 Å². The van der Waals surface area contributed by atoms with Crippen molar-refractivity contribution in [3.8, 4) is 0 Å². The highest BCUT2D eigenvalue weighted by molar-refractivity contribution is 5.49. The van der Waals surface area contributed by atoms with E-state index in [0.29, 0.717) is 12.8 Å². The van der Waals surface area contributed by atoms with Crippen molar-refractivity contribution in [3.05, 3.63) is 0 Å². The molecule has 138 valence electrons. The quantitative estimate of drug-likeness (QED) is 0.165. The number of unbranched alkanes of at least 4 members (excludes halogenated alkanes) is 10. The maximum Gasteiger partial charge on any atom is 0.157 e. The van der Waals surface area contributed by atoms with E-state index in [9.17, 15) is 4.79 Å². The molecule has 0 aromatic carbocycles. The summed E-state index contributed by atoms with van der Waals surface area (Å²) >= 11 is 0. The molecule has 0 rings (SSSR count). The number of hydrogen-bond donors (Lipinski definition) is 0. The first kappa shape index (κ1) is 22.6. The lowest BCUT2D eigenvalue weighted by atomic mass is 10.1. The molecule has 3 heteroatoms. The van der Waals surface area contributed by atoms with E-state index in [0.717, 1.165) is 32.3 Å². The van der Waals surface area contributed by atoms with E-state index in [1.165, 1.54) is 64.2 Å². The predicted octanol–water partition coefficient (Wildman–Crippen LogP) is 6.05. The zero-order chi connectivity index (χ0) is 17.0. The Morgan fingerprint density at radius 2 is 1.13 bits per heavy atom. The van der Waals surface area contributed by atoms with Crippen molar-refractivity contribution >= 4 is 6.29 Å². The van der Waals surface area contributed by atoms with E-state index >= 15 is 0 Å². The summed E-state index contributed by atoms with van der Waals surface area (Å²) in [5.41, 5.74) is 0. The molecule has 0 bridgehead atoms. The normalized spacial score (nSPS) is 11.3. The minimum atomic E-state index is -0.188. The molecule has 0 aliphatic heterocycles. The summed E-state index contributed by atoms with van der Waals surface area (Å²) in [5.74, 6) is 0. The molecule has 0 N–H and O–H groups in total. The summed E-state index contributed by atoms with van der Waals surface area (Å²) in [6.07, 6.45) is 17.2. The Morgan fingerprint density at radius 1 is 0.696 bits per heavy atom. The van der Waals surface area contributed by atoms with Gasteiger partial charge in [-0.3, -0.25) is 0 Å². The maximum absolute atomic E-state index is 10.6. The van der Waals surface area contributed by atoms with Crippen LogP contribution in [0.5, 0.6) is 0 Å². The summed E-state index contributed by atoms with van der Waals surface area (Å²) in [6, 6.07) is 0. The molecule has 0 unspecified atom stereocenters. The standard InChI is InChI=1S/C20H40O3/c1-3-5-7-9-11-13-18-22-20(16-15-17-21)23-19-14-12-10-8-6-4-2/h17,20H,3-16,18-19H2,1-2H3. The van der Waals surface area contributed by atoms with Crippen LogP contribution in [0.3, 0.4) is 0 Å². The zero-order valence-electron chi connectivity index (χ0n) is 15.7. The van der Waals surface area contributed by atoms with Crippen molar-refractivity contribution in [1.82, 2.24) is 0 Å². The molecule has 23 heavy (non-hydrogen) atoms. The Labute approximate surface area is 144 Å². The minimum absolute atomic E-state index is 0.188. The zero-order valence-corrected chi connectivity index (χ0v) is 15.7. The van der Waals surface area contributed by atoms with Crippen LogP contribution < -0.4 is 0 Å². The van der Waals surface area contributed by atoms with E-state index < -0.39 is 0 Å². The first-order valence-corrected chi connectivity index (χ1v) is 10.0. The van der Waals surface area contributed by atoms with Crippen molar-refractivity contribution in [2.45, 2.75) is 110 Å². The Bertz CT molecular complexity index is 213. The Hall–Kier alpha value is -0.410. The monoisotopic (exact) mass is 328 g/mol. The van der Waals surface area contributed by atoms with Gasteiger partial charge in [0.25, 0.3) is 0 Å². The molecule has 0 saturated carbocycles. The molecule has 3 nitrogen and oxygen atoms in total. The fourth-order valence-electron chi connectivity index (χ4n) is 2.61. The molecule has 0 fully saturated rings. The predicted molar refractivity (Wildman–Crippen MR) is 97.7 cm³/mol. The van der Waals surface area contributed by atoms with Crippen molar-refractivity contribution in [1.29, 1.82) is 0 Å². The highest BCUT2D eigenvalue weighted by atomic mass is 16.7. The summed E-state index contributed by atoms with van der Waals surface area (Å²) in [7, 11) is 0. The van der Waals surface area contributed by atoms with Gasteiger partial charge >= 0.3 is 0 Å². The smallest absolute Gasteiger partial charge is 0.157 e. The molecule has 0 aromatic rings. The van der Waals surface area contributed by atoms with Gasteiger partial charge in [0.15, 0.2) is 6.29 Å². The first-order valence-electron chi connectivity index (χ1n) is 10.0. The lowest BCUT2D eigenvalue weighted by molar-refractivity contribution is -0.149. The molecule has 0 aromatic heterocycles. The molecule has 0 atom stereocenters. The van der Waals surface area contributed by atoms with Gasteiger partial charge in [-0.05, 0) is 12.8 Å². The molecule has 0 radical (unpaired) electrons. The fraction of sp³-hybridized carbons (Fsp3) is 0.950. The Morgan fingerprint density at radius 3 is 1.57 bits per heavy atom. The van der Waals surface area contributed by atoms with Crippen molar-refractivity contribution in [2.24, 2.45) is 0 Å². The van der Waals surface area contributed by atoms with Gasteiger partial charge in [0, 0.05) is 26.1 Å². The summed E-state index contributed by atoms with van der Waals surface area (Å²) in [6.45, 7) is 5.99. The maximum atomic E-state index is 10.6. The van der Waals surface area contributed by atoms with Gasteiger partial charge in [-0.15, -0.1) is 0 Å². The number of ether oxygens (including phenoxy) is 2. The second-order valence-electron chi connectivity index (χ2n) is 6.45. The van der Waals surface area contributed by atoms with Gasteiger partial charge in [-0.25, -0.2) is 0 Å². The third kappa shape index (κ3) is 17.8. The molecular weight excluding hydrogens is 288 g/mol. The minimum Gasteiger partial charge on any atom is -0.353 e. The van der Waals surface area contributed by atoms with Crippen LogP contribution in [0.25, 0.3) is 0 Å². The molecule has 0 spiro atoms. The van der Waals surface area contributed by atoms with E-state index in [2.05, 4.69) is 13.8 Å². The third-order valence-corrected chi connectivity index (χ3v) is 4.12. The molecule has 0 aliphatic carbocycles. The van der Waals surface area contributed by atoms with Crippen LogP contribution in [0.2, 0.25) is 0 Å². The number of rotatable bonds is 19. The summed E-state index contributed by atoms with van der Waals surface area (Å²) in [5, 5.41) is 0. The number of aldehydes is 1. The average Bonchev–Trinajstić information content (AvgIpc) is 2.57. The number of hydrogen-bond acceptors (Lipinski definition) is 3. The Kier molecular flexibility index (Phi) is 19.3. The van der Waals surface area contributed by atoms with Gasteiger partial charge < -0.3 is 14.3 Å². The third-order valence-electron chi connectivity index (χ3n) is 4.12. The van der Waals surface area contributed by atoms with Crippen molar-refractivity contribution < 1.29 is 14.3 Å². The lowest BCUT2D eigenvalue weighted by Gasteiger charge is -2.18. The van der Waals surface area contributed by atoms with E-state index in [-0.39, 0.29) is 6.29 Å². The van der Waals surface area contributed by atoms with Crippen LogP contribution in [0.1, 0.15) is 104 Å². The largest absolute Gasteiger partial charge is 0.353 e. The fourth-order valence-corrected chi connectivity index (χ4v) is 2.61. The van der Waals surface area contributed by atoms with E-state index in [1.54, 1.807) is 0 Å². The van der Waals surface area contributed by atoms with E-state index in [4.69, 9.17) is 9.47 Å². The number of carbonyl (C=O) groups excluding carboxylic acids is 1. The van der Waals surface area contributed by atoms with Crippen LogP contribution in [0, 0.1) is 0 Å². The first-order chi connectivity index (χ1) is 11.3. The van der Waals surface area contributed by atoms with Crippen LogP contribution in [0.15, 0.2) is 0 Å². The molecule has 0 amide bonds. The van der Waals surface area contributed by atoms with Gasteiger partial charge in [0.05, 0.1) is 0 Å². The Balaban J connectivity index is 3.57. The van der Waals surface area contributed by atoms with Gasteiger partial charge in [0.1, 0.15) is 6.29 Å². The second-order valence-corrected chi connectivity index (χ2v) is 6.45. The SMILES string of the molecule is CCCCCCCCOC(CCC=O)OCCCCCCCC. The van der Waals surface area contributed by atoms with Crippen LogP contribution in [-0.4, -0.2) is 25.8 Å². The van der Waals surface area contributed by atoms with Crippen molar-refractivity contribution in [3.63, 3.8) is 0 Å². The van der Waals surface area contributed by atoms with Gasteiger partial charge in [0.2, 0.25) is 0 Å². The highest BCUT2D eigenvalue weighted by Gasteiger charge is 2.08. The van der Waals surface area contributed by atoms with Crippen molar-refractivity contribution in [2.75, 3.05) is 13.2 Å². The topological polar surface area (TPSA) is 35.5 Å². The van der Waals surface area contributed by atoms with Crippen LogP contribution in [0.4, 0.5) is 0 Å². The van der Waals surface area contributed by atoms with E-state index in [1.807, 2.05) is 0 Å². The number of carbonyl (C=O) groups is 1. The van der Waals surface area contributed by atoms with Crippen LogP contribution in [-0.2, 0) is 14.3 Å².